The molecule has 1 aliphatic heterocycles. The first-order chi connectivity index (χ1) is 17.1. The van der Waals surface area contributed by atoms with Crippen molar-refractivity contribution in [2.45, 2.75) is 25.7 Å². The zero-order valence-electron chi connectivity index (χ0n) is 21.1. The Balaban J connectivity index is 1.14. The first kappa shape index (κ1) is 24.9. The topological polar surface area (TPSA) is 51.2 Å². The van der Waals surface area contributed by atoms with E-state index in [0.717, 1.165) is 75.3 Å². The second kappa shape index (κ2) is 11.9. The van der Waals surface area contributed by atoms with Crippen molar-refractivity contribution in [3.63, 3.8) is 0 Å². The normalized spacial score (nSPS) is 13.3. The van der Waals surface area contributed by atoms with E-state index < -0.39 is 0 Å². The lowest BCUT2D eigenvalue weighted by atomic mass is 9.98. The average molecular weight is 477 g/mol. The number of unbranched alkanes of at least 4 members (excludes halogenated alkanes) is 1. The molecule has 3 aromatic carbocycles. The predicted molar refractivity (Wildman–Crippen MR) is 140 cm³/mol. The third-order valence-corrected chi connectivity index (χ3v) is 6.67. The number of nitrogens with zero attached hydrogens (tertiary/aromatic N) is 2. The summed E-state index contributed by atoms with van der Waals surface area (Å²) in [6.07, 6.45) is 3.90. The van der Waals surface area contributed by atoms with Crippen LogP contribution in [0.1, 0.15) is 35.2 Å². The summed E-state index contributed by atoms with van der Waals surface area (Å²) in [5, 5.41) is 2.44. The molecule has 3 aromatic rings. The van der Waals surface area contributed by atoms with Crippen molar-refractivity contribution >= 4 is 16.7 Å². The largest absolute Gasteiger partial charge is 0.494 e. The molecule has 6 heteroatoms. The number of carbonyl (C=O) groups is 1. The maximum Gasteiger partial charge on any atom is 0.254 e. The zero-order valence-corrected chi connectivity index (χ0v) is 21.1. The Hall–Kier alpha value is -3.25. The number of amides is 1. The van der Waals surface area contributed by atoms with Crippen molar-refractivity contribution in [3.8, 4) is 17.2 Å². The van der Waals surface area contributed by atoms with Gasteiger partial charge in [-0.1, -0.05) is 30.3 Å². The number of methoxy groups -OCH3 is 2. The van der Waals surface area contributed by atoms with Crippen LogP contribution in [-0.2, 0) is 6.42 Å². The van der Waals surface area contributed by atoms with Crippen LogP contribution in [0.25, 0.3) is 10.8 Å². The van der Waals surface area contributed by atoms with Gasteiger partial charge >= 0.3 is 0 Å². The summed E-state index contributed by atoms with van der Waals surface area (Å²) >= 11 is 0. The molecule has 0 radical (unpaired) electrons. The summed E-state index contributed by atoms with van der Waals surface area (Å²) in [6, 6.07) is 18.3. The van der Waals surface area contributed by atoms with E-state index in [1.165, 1.54) is 10.8 Å². The lowest BCUT2D eigenvalue weighted by Crippen LogP contribution is -2.39. The number of benzene rings is 3. The molecule has 0 aromatic heterocycles. The smallest absolute Gasteiger partial charge is 0.254 e. The Morgan fingerprint density at radius 1 is 0.886 bits per heavy atom. The fraction of sp³-hybridized carbons (Fsp3) is 0.414. The van der Waals surface area contributed by atoms with Crippen molar-refractivity contribution < 1.29 is 19.0 Å². The van der Waals surface area contributed by atoms with E-state index in [1.54, 1.807) is 14.2 Å². The molecule has 0 atom stereocenters. The van der Waals surface area contributed by atoms with Crippen molar-refractivity contribution in [2.24, 2.45) is 0 Å². The van der Waals surface area contributed by atoms with Crippen LogP contribution in [0, 0.1) is 0 Å². The molecule has 0 N–H and O–H groups in total. The van der Waals surface area contributed by atoms with Crippen molar-refractivity contribution in [2.75, 3.05) is 54.1 Å². The van der Waals surface area contributed by atoms with Gasteiger partial charge in [0.15, 0.2) is 11.5 Å². The maximum atomic E-state index is 13.0. The van der Waals surface area contributed by atoms with Gasteiger partial charge in [-0.3, -0.25) is 4.79 Å². The minimum atomic E-state index is 0.0840. The highest BCUT2D eigenvalue weighted by Gasteiger charge is 2.26. The summed E-state index contributed by atoms with van der Waals surface area (Å²) in [5.41, 5.74) is 1.76. The fourth-order valence-electron chi connectivity index (χ4n) is 4.64. The van der Waals surface area contributed by atoms with Gasteiger partial charge in [0.05, 0.1) is 20.8 Å². The maximum absolute atomic E-state index is 13.0. The minimum Gasteiger partial charge on any atom is -0.494 e. The molecular formula is C29H36N2O4. The van der Waals surface area contributed by atoms with E-state index in [4.69, 9.17) is 14.2 Å². The molecule has 0 saturated heterocycles. The molecule has 1 aliphatic rings. The van der Waals surface area contributed by atoms with Gasteiger partial charge in [-0.15, -0.1) is 0 Å². The highest BCUT2D eigenvalue weighted by atomic mass is 16.5. The number of hydrogen-bond donors (Lipinski definition) is 0. The summed E-state index contributed by atoms with van der Waals surface area (Å²) in [4.78, 5) is 17.3. The highest BCUT2D eigenvalue weighted by Crippen LogP contribution is 2.33. The molecule has 0 fully saturated rings. The molecule has 4 rings (SSSR count). The lowest BCUT2D eigenvalue weighted by Gasteiger charge is -2.30. The monoisotopic (exact) mass is 476 g/mol. The third-order valence-electron chi connectivity index (χ3n) is 6.67. The summed E-state index contributed by atoms with van der Waals surface area (Å²) in [6.45, 7) is 4.23. The van der Waals surface area contributed by atoms with Gasteiger partial charge in [0, 0.05) is 18.7 Å². The second-order valence-corrected chi connectivity index (χ2v) is 9.13. The van der Waals surface area contributed by atoms with Gasteiger partial charge in [0.2, 0.25) is 0 Å². The Kier molecular flexibility index (Phi) is 8.48. The molecule has 35 heavy (non-hydrogen) atoms. The van der Waals surface area contributed by atoms with E-state index in [1.807, 2.05) is 23.1 Å². The standard InChI is InChI=1S/C29H36N2O4/c1-30(14-6-7-18-35-25-12-11-22-9-4-5-10-23(22)19-25)15-8-16-31-17-13-24-20-27(33-2)28(34-3)21-26(24)29(31)32/h4-5,9-12,19-21H,6-8,13-18H2,1-3H3. The molecule has 0 bridgehead atoms. The highest BCUT2D eigenvalue weighted by molar-refractivity contribution is 5.97. The minimum absolute atomic E-state index is 0.0840. The predicted octanol–water partition coefficient (Wildman–Crippen LogP) is 5.04. The quantitative estimate of drug-likeness (QED) is 0.343. The van der Waals surface area contributed by atoms with E-state index in [9.17, 15) is 4.79 Å². The first-order valence-corrected chi connectivity index (χ1v) is 12.4. The number of ether oxygens (including phenoxy) is 3. The van der Waals surface area contributed by atoms with Gasteiger partial charge in [-0.25, -0.2) is 0 Å². The summed E-state index contributed by atoms with van der Waals surface area (Å²) in [5.74, 6) is 2.30. The number of fused-ring (bicyclic) bond motifs is 2. The van der Waals surface area contributed by atoms with Gasteiger partial charge in [0.25, 0.3) is 5.91 Å². The number of rotatable bonds is 12. The fourth-order valence-corrected chi connectivity index (χ4v) is 4.64. The van der Waals surface area contributed by atoms with Gasteiger partial charge in [0.1, 0.15) is 5.75 Å². The zero-order chi connectivity index (χ0) is 24.6. The molecule has 0 aliphatic carbocycles. The summed E-state index contributed by atoms with van der Waals surface area (Å²) in [7, 11) is 5.37. The van der Waals surface area contributed by atoms with Gasteiger partial charge in [-0.2, -0.15) is 0 Å². The van der Waals surface area contributed by atoms with Gasteiger partial charge < -0.3 is 24.0 Å². The molecule has 1 heterocycles. The Morgan fingerprint density at radius 2 is 1.63 bits per heavy atom. The molecular weight excluding hydrogens is 440 g/mol. The van der Waals surface area contributed by atoms with Crippen LogP contribution in [0.5, 0.6) is 17.2 Å². The number of hydrogen-bond acceptors (Lipinski definition) is 5. The van der Waals surface area contributed by atoms with E-state index in [2.05, 4.69) is 48.3 Å². The Bertz CT molecular complexity index is 1150. The van der Waals surface area contributed by atoms with Crippen LogP contribution in [0.15, 0.2) is 54.6 Å². The van der Waals surface area contributed by atoms with Crippen molar-refractivity contribution in [1.82, 2.24) is 9.80 Å². The van der Waals surface area contributed by atoms with Gasteiger partial charge in [-0.05, 0) is 86.4 Å². The van der Waals surface area contributed by atoms with Crippen LogP contribution >= 0.6 is 0 Å². The van der Waals surface area contributed by atoms with E-state index in [0.29, 0.717) is 11.5 Å². The third kappa shape index (κ3) is 6.25. The Morgan fingerprint density at radius 3 is 2.43 bits per heavy atom. The van der Waals surface area contributed by atoms with Crippen LogP contribution in [0.2, 0.25) is 0 Å². The van der Waals surface area contributed by atoms with Crippen LogP contribution in [0.3, 0.4) is 0 Å². The second-order valence-electron chi connectivity index (χ2n) is 9.13. The van der Waals surface area contributed by atoms with Crippen LogP contribution in [0.4, 0.5) is 0 Å². The molecule has 0 saturated carbocycles. The van der Waals surface area contributed by atoms with Crippen molar-refractivity contribution in [1.29, 1.82) is 0 Å². The molecule has 186 valence electrons. The van der Waals surface area contributed by atoms with E-state index in [-0.39, 0.29) is 5.91 Å². The first-order valence-electron chi connectivity index (χ1n) is 12.4. The molecule has 6 nitrogen and oxygen atoms in total. The average Bonchev–Trinajstić information content (AvgIpc) is 2.89. The number of carbonyl (C=O) groups excluding carboxylic acids is 1. The Labute approximate surface area is 208 Å². The SMILES string of the molecule is COc1cc2c(cc1OC)C(=O)N(CCCN(C)CCCCOc1ccc3ccccc3c1)CC2. The van der Waals surface area contributed by atoms with E-state index >= 15 is 0 Å². The summed E-state index contributed by atoms with van der Waals surface area (Å²) < 4.78 is 16.7. The molecule has 1 amide bonds. The van der Waals surface area contributed by atoms with Crippen molar-refractivity contribution in [3.05, 3.63) is 65.7 Å². The molecule has 0 unspecified atom stereocenters. The molecule has 0 spiro atoms. The van der Waals surface area contributed by atoms with Crippen LogP contribution < -0.4 is 14.2 Å². The lowest BCUT2D eigenvalue weighted by molar-refractivity contribution is 0.0732. The van der Waals surface area contributed by atoms with Crippen LogP contribution in [-0.4, -0.2) is 69.8 Å².